The van der Waals surface area contributed by atoms with E-state index in [1.165, 1.54) is 0 Å². The molecule has 1 saturated heterocycles. The monoisotopic (exact) mass is 130 g/mol. The maximum Gasteiger partial charge on any atom is 0.0793 e. The number of ether oxygens (including phenoxy) is 1. The van der Waals surface area contributed by atoms with Gasteiger partial charge in [-0.05, 0) is 20.3 Å². The van der Waals surface area contributed by atoms with Crippen LogP contribution in [0.3, 0.4) is 0 Å². The molecule has 9 heavy (non-hydrogen) atoms. The molecule has 1 aliphatic heterocycles. The van der Waals surface area contributed by atoms with Crippen molar-refractivity contribution in [2.24, 2.45) is 5.84 Å². The van der Waals surface area contributed by atoms with Crippen LogP contribution in [0.1, 0.15) is 20.3 Å². The third-order valence-corrected chi connectivity index (χ3v) is 1.92. The first kappa shape index (κ1) is 6.99. The minimum Gasteiger partial charge on any atom is -0.374 e. The standard InChI is InChI=1S/C6H14N2O/c1-6(2)5(8-7)3-4-9-6/h5,8H,3-4,7H2,1-2H3/t5-/m0/s1. The van der Waals surface area contributed by atoms with Crippen LogP contribution in [0.4, 0.5) is 0 Å². The normalized spacial score (nSPS) is 33.0. The lowest BCUT2D eigenvalue weighted by Crippen LogP contribution is -2.46. The molecule has 1 rings (SSSR count). The molecule has 3 N–H and O–H groups in total. The maximum absolute atomic E-state index is 5.40. The van der Waals surface area contributed by atoms with Gasteiger partial charge in [0.05, 0.1) is 11.6 Å². The van der Waals surface area contributed by atoms with Gasteiger partial charge in [-0.1, -0.05) is 0 Å². The molecule has 3 heteroatoms. The topological polar surface area (TPSA) is 47.3 Å². The summed E-state index contributed by atoms with van der Waals surface area (Å²) < 4.78 is 5.40. The van der Waals surface area contributed by atoms with Gasteiger partial charge in [-0.25, -0.2) is 0 Å². The highest BCUT2D eigenvalue weighted by Crippen LogP contribution is 2.23. The molecule has 0 aromatic rings. The molecule has 1 heterocycles. The average Bonchev–Trinajstić information content (AvgIpc) is 2.08. The highest BCUT2D eigenvalue weighted by Gasteiger charge is 2.34. The van der Waals surface area contributed by atoms with E-state index in [9.17, 15) is 0 Å². The summed E-state index contributed by atoms with van der Waals surface area (Å²) in [6, 6.07) is 0.317. The van der Waals surface area contributed by atoms with Crippen molar-refractivity contribution in [1.29, 1.82) is 0 Å². The van der Waals surface area contributed by atoms with Crippen LogP contribution in [0.25, 0.3) is 0 Å². The van der Waals surface area contributed by atoms with Crippen molar-refractivity contribution in [1.82, 2.24) is 5.43 Å². The van der Waals surface area contributed by atoms with Crippen LogP contribution < -0.4 is 11.3 Å². The number of hydrazine groups is 1. The number of hydrogen-bond acceptors (Lipinski definition) is 3. The number of hydrogen-bond donors (Lipinski definition) is 2. The van der Waals surface area contributed by atoms with E-state index >= 15 is 0 Å². The summed E-state index contributed by atoms with van der Waals surface area (Å²) in [7, 11) is 0. The summed E-state index contributed by atoms with van der Waals surface area (Å²) in [4.78, 5) is 0. The molecule has 1 fully saturated rings. The van der Waals surface area contributed by atoms with Crippen molar-refractivity contribution in [3.05, 3.63) is 0 Å². The fourth-order valence-corrected chi connectivity index (χ4v) is 1.17. The predicted octanol–water partition coefficient (Wildman–Crippen LogP) is 0.0172. The van der Waals surface area contributed by atoms with Crippen LogP contribution in [-0.2, 0) is 4.74 Å². The fourth-order valence-electron chi connectivity index (χ4n) is 1.17. The van der Waals surface area contributed by atoms with Crippen LogP contribution in [0.2, 0.25) is 0 Å². The quantitative estimate of drug-likeness (QED) is 0.388. The molecule has 0 saturated carbocycles. The summed E-state index contributed by atoms with van der Waals surface area (Å²) in [6.45, 7) is 4.91. The van der Waals surface area contributed by atoms with Crippen LogP contribution in [-0.4, -0.2) is 18.2 Å². The molecular weight excluding hydrogens is 116 g/mol. The van der Waals surface area contributed by atoms with Crippen molar-refractivity contribution in [2.75, 3.05) is 6.61 Å². The van der Waals surface area contributed by atoms with Crippen LogP contribution in [0.5, 0.6) is 0 Å². The Bertz CT molecular complexity index is 103. The summed E-state index contributed by atoms with van der Waals surface area (Å²) >= 11 is 0. The van der Waals surface area contributed by atoms with E-state index in [2.05, 4.69) is 5.43 Å². The molecule has 0 bridgehead atoms. The van der Waals surface area contributed by atoms with E-state index in [1.807, 2.05) is 13.8 Å². The van der Waals surface area contributed by atoms with E-state index in [0.29, 0.717) is 6.04 Å². The largest absolute Gasteiger partial charge is 0.374 e. The van der Waals surface area contributed by atoms with Gasteiger partial charge in [0.2, 0.25) is 0 Å². The first-order valence-electron chi connectivity index (χ1n) is 3.27. The zero-order valence-electron chi connectivity index (χ0n) is 5.98. The van der Waals surface area contributed by atoms with Crippen molar-refractivity contribution in [2.45, 2.75) is 31.9 Å². The van der Waals surface area contributed by atoms with E-state index in [-0.39, 0.29) is 5.60 Å². The maximum atomic E-state index is 5.40. The van der Waals surface area contributed by atoms with Gasteiger partial charge in [0.25, 0.3) is 0 Å². The Morgan fingerprint density at radius 2 is 2.33 bits per heavy atom. The van der Waals surface area contributed by atoms with Gasteiger partial charge in [0.1, 0.15) is 0 Å². The van der Waals surface area contributed by atoms with Crippen molar-refractivity contribution in [3.63, 3.8) is 0 Å². The van der Waals surface area contributed by atoms with Gasteiger partial charge < -0.3 is 4.74 Å². The fraction of sp³-hybridized carbons (Fsp3) is 1.00. The Labute approximate surface area is 55.5 Å². The summed E-state index contributed by atoms with van der Waals surface area (Å²) in [5.41, 5.74) is 2.65. The molecule has 0 aromatic carbocycles. The predicted molar refractivity (Wildman–Crippen MR) is 35.8 cm³/mol. The highest BCUT2D eigenvalue weighted by atomic mass is 16.5. The Hall–Kier alpha value is -0.120. The molecule has 0 radical (unpaired) electrons. The number of rotatable bonds is 1. The lowest BCUT2D eigenvalue weighted by atomic mass is 10.0. The van der Waals surface area contributed by atoms with Crippen molar-refractivity contribution >= 4 is 0 Å². The first-order valence-corrected chi connectivity index (χ1v) is 3.27. The Morgan fingerprint density at radius 3 is 2.56 bits per heavy atom. The number of nitrogens with one attached hydrogen (secondary N) is 1. The molecule has 0 spiro atoms. The van der Waals surface area contributed by atoms with Gasteiger partial charge in [-0.2, -0.15) is 0 Å². The molecule has 3 nitrogen and oxygen atoms in total. The average molecular weight is 130 g/mol. The van der Waals surface area contributed by atoms with Crippen molar-refractivity contribution in [3.8, 4) is 0 Å². The van der Waals surface area contributed by atoms with Gasteiger partial charge in [0.15, 0.2) is 0 Å². The number of nitrogens with two attached hydrogens (primary N) is 1. The second kappa shape index (κ2) is 2.25. The molecule has 1 atom stereocenters. The summed E-state index contributed by atoms with van der Waals surface area (Å²) in [5, 5.41) is 0. The molecule has 0 amide bonds. The van der Waals surface area contributed by atoms with Gasteiger partial charge in [0, 0.05) is 6.61 Å². The second-order valence-corrected chi connectivity index (χ2v) is 2.96. The lowest BCUT2D eigenvalue weighted by Gasteiger charge is -2.24. The van der Waals surface area contributed by atoms with Gasteiger partial charge >= 0.3 is 0 Å². The minimum absolute atomic E-state index is 0.0747. The smallest absolute Gasteiger partial charge is 0.0793 e. The summed E-state index contributed by atoms with van der Waals surface area (Å²) in [5.74, 6) is 5.28. The molecule has 0 aliphatic carbocycles. The molecule has 0 aromatic heterocycles. The van der Waals surface area contributed by atoms with Gasteiger partial charge in [-0.15, -0.1) is 0 Å². The van der Waals surface area contributed by atoms with E-state index in [1.54, 1.807) is 0 Å². The molecule has 0 unspecified atom stereocenters. The third-order valence-electron chi connectivity index (χ3n) is 1.92. The second-order valence-electron chi connectivity index (χ2n) is 2.96. The summed E-state index contributed by atoms with van der Waals surface area (Å²) in [6.07, 6.45) is 1.02. The highest BCUT2D eigenvalue weighted by molar-refractivity contribution is 4.88. The molecule has 54 valence electrons. The Kier molecular flexibility index (Phi) is 1.75. The van der Waals surface area contributed by atoms with E-state index in [0.717, 1.165) is 13.0 Å². The first-order chi connectivity index (χ1) is 4.17. The van der Waals surface area contributed by atoms with Crippen molar-refractivity contribution < 1.29 is 4.74 Å². The Balaban J connectivity index is 2.52. The van der Waals surface area contributed by atoms with Gasteiger partial charge in [-0.3, -0.25) is 11.3 Å². The SMILES string of the molecule is CC1(C)OCC[C@@H]1NN. The molecule has 1 aliphatic rings. The van der Waals surface area contributed by atoms with E-state index in [4.69, 9.17) is 10.6 Å². The zero-order chi connectivity index (χ0) is 6.91. The lowest BCUT2D eigenvalue weighted by molar-refractivity contribution is 0.0218. The minimum atomic E-state index is -0.0747. The molecular formula is C6H14N2O. The van der Waals surface area contributed by atoms with Crippen LogP contribution >= 0.6 is 0 Å². The van der Waals surface area contributed by atoms with E-state index < -0.39 is 0 Å². The zero-order valence-corrected chi connectivity index (χ0v) is 5.98. The Morgan fingerprint density at radius 1 is 1.67 bits per heavy atom. The van der Waals surface area contributed by atoms with Crippen LogP contribution in [0.15, 0.2) is 0 Å². The third kappa shape index (κ3) is 1.23. The van der Waals surface area contributed by atoms with Crippen LogP contribution in [0, 0.1) is 0 Å².